The molecule has 0 amide bonds. The predicted molar refractivity (Wildman–Crippen MR) is 62.2 cm³/mol. The van der Waals surface area contributed by atoms with Crippen LogP contribution in [0.1, 0.15) is 36.7 Å². The van der Waals surface area contributed by atoms with Gasteiger partial charge < -0.3 is 0 Å². The summed E-state index contributed by atoms with van der Waals surface area (Å²) in [5.74, 6) is 1.41. The molecular formula is C12H16N4. The molecule has 2 rings (SSSR count). The van der Waals surface area contributed by atoms with Crippen LogP contribution < -0.4 is 0 Å². The van der Waals surface area contributed by atoms with Gasteiger partial charge in [0.15, 0.2) is 0 Å². The molecule has 0 saturated heterocycles. The van der Waals surface area contributed by atoms with E-state index in [1.807, 2.05) is 6.92 Å². The van der Waals surface area contributed by atoms with Crippen LogP contribution in [-0.4, -0.2) is 20.2 Å². The van der Waals surface area contributed by atoms with Crippen LogP contribution in [0.25, 0.3) is 0 Å². The SMILES string of the molecule is Cc1nnnn1Cc1ccc(C(C)C)cc1. The minimum Gasteiger partial charge on any atom is -0.225 e. The van der Waals surface area contributed by atoms with Crippen molar-refractivity contribution in [1.82, 2.24) is 20.2 Å². The Bertz CT molecular complexity index is 456. The van der Waals surface area contributed by atoms with Gasteiger partial charge in [0.05, 0.1) is 6.54 Å². The fourth-order valence-corrected chi connectivity index (χ4v) is 1.58. The van der Waals surface area contributed by atoms with Crippen molar-refractivity contribution >= 4 is 0 Å². The summed E-state index contributed by atoms with van der Waals surface area (Å²) in [6, 6.07) is 8.60. The smallest absolute Gasteiger partial charge is 0.148 e. The highest BCUT2D eigenvalue weighted by molar-refractivity contribution is 5.24. The number of tetrazole rings is 1. The number of aryl methyl sites for hydroxylation is 1. The first-order valence-corrected chi connectivity index (χ1v) is 5.48. The first-order chi connectivity index (χ1) is 7.66. The van der Waals surface area contributed by atoms with Crippen LogP contribution in [0.2, 0.25) is 0 Å². The molecule has 2 aromatic rings. The average Bonchev–Trinajstić information content (AvgIpc) is 2.65. The molecular weight excluding hydrogens is 200 g/mol. The lowest BCUT2D eigenvalue weighted by atomic mass is 10.0. The van der Waals surface area contributed by atoms with Gasteiger partial charge in [-0.15, -0.1) is 5.10 Å². The second kappa shape index (κ2) is 4.43. The number of nitrogens with zero attached hydrogens (tertiary/aromatic N) is 4. The first kappa shape index (κ1) is 10.8. The summed E-state index contributed by atoms with van der Waals surface area (Å²) in [4.78, 5) is 0. The van der Waals surface area contributed by atoms with Crippen LogP contribution in [0.5, 0.6) is 0 Å². The maximum Gasteiger partial charge on any atom is 0.148 e. The Morgan fingerprint density at radius 2 is 1.88 bits per heavy atom. The van der Waals surface area contributed by atoms with E-state index in [2.05, 4.69) is 53.6 Å². The third-order valence-electron chi connectivity index (χ3n) is 2.69. The molecule has 1 heterocycles. The van der Waals surface area contributed by atoms with Gasteiger partial charge in [0.25, 0.3) is 0 Å². The fourth-order valence-electron chi connectivity index (χ4n) is 1.58. The van der Waals surface area contributed by atoms with Gasteiger partial charge in [-0.25, -0.2) is 4.68 Å². The van der Waals surface area contributed by atoms with E-state index < -0.39 is 0 Å². The van der Waals surface area contributed by atoms with E-state index in [0.717, 1.165) is 12.4 Å². The molecule has 0 bridgehead atoms. The standard InChI is InChI=1S/C12H16N4/c1-9(2)12-6-4-11(5-7-12)8-16-10(3)13-14-15-16/h4-7,9H,8H2,1-3H3. The molecule has 0 fully saturated rings. The monoisotopic (exact) mass is 216 g/mol. The predicted octanol–water partition coefficient (Wildman–Crippen LogP) is 2.15. The van der Waals surface area contributed by atoms with E-state index in [-0.39, 0.29) is 0 Å². The largest absolute Gasteiger partial charge is 0.225 e. The molecule has 0 saturated carbocycles. The maximum absolute atomic E-state index is 3.92. The quantitative estimate of drug-likeness (QED) is 0.789. The van der Waals surface area contributed by atoms with E-state index in [4.69, 9.17) is 0 Å². The number of hydrogen-bond acceptors (Lipinski definition) is 3. The number of benzene rings is 1. The Hall–Kier alpha value is -1.71. The Labute approximate surface area is 95.3 Å². The molecule has 0 radical (unpaired) electrons. The normalized spacial score (nSPS) is 11.0. The second-order valence-corrected chi connectivity index (χ2v) is 4.28. The minimum absolute atomic E-state index is 0.573. The zero-order chi connectivity index (χ0) is 11.5. The molecule has 1 aromatic heterocycles. The van der Waals surface area contributed by atoms with Gasteiger partial charge in [0, 0.05) is 0 Å². The molecule has 0 N–H and O–H groups in total. The number of aromatic nitrogens is 4. The Morgan fingerprint density at radius 3 is 2.38 bits per heavy atom. The molecule has 0 unspecified atom stereocenters. The van der Waals surface area contributed by atoms with Crippen LogP contribution >= 0.6 is 0 Å². The molecule has 1 aromatic carbocycles. The molecule has 0 atom stereocenters. The molecule has 0 spiro atoms. The van der Waals surface area contributed by atoms with Gasteiger partial charge in [0.1, 0.15) is 5.82 Å². The van der Waals surface area contributed by atoms with E-state index in [1.165, 1.54) is 11.1 Å². The molecule has 0 aliphatic rings. The van der Waals surface area contributed by atoms with E-state index in [0.29, 0.717) is 5.92 Å². The van der Waals surface area contributed by atoms with Crippen LogP contribution in [0.4, 0.5) is 0 Å². The Morgan fingerprint density at radius 1 is 1.19 bits per heavy atom. The van der Waals surface area contributed by atoms with Crippen molar-refractivity contribution in [2.75, 3.05) is 0 Å². The summed E-state index contributed by atoms with van der Waals surface area (Å²) >= 11 is 0. The molecule has 0 aliphatic heterocycles. The first-order valence-electron chi connectivity index (χ1n) is 5.48. The van der Waals surface area contributed by atoms with Crippen molar-refractivity contribution in [2.24, 2.45) is 0 Å². The third kappa shape index (κ3) is 2.27. The van der Waals surface area contributed by atoms with Crippen molar-refractivity contribution in [3.8, 4) is 0 Å². The molecule has 0 aliphatic carbocycles. The van der Waals surface area contributed by atoms with Crippen molar-refractivity contribution in [1.29, 1.82) is 0 Å². The molecule has 4 nitrogen and oxygen atoms in total. The van der Waals surface area contributed by atoms with E-state index in [1.54, 1.807) is 4.68 Å². The summed E-state index contributed by atoms with van der Waals surface area (Å²) in [5, 5.41) is 11.4. The van der Waals surface area contributed by atoms with Crippen LogP contribution in [0, 0.1) is 6.92 Å². The topological polar surface area (TPSA) is 43.6 Å². The zero-order valence-electron chi connectivity index (χ0n) is 9.88. The van der Waals surface area contributed by atoms with Gasteiger partial charge in [-0.1, -0.05) is 38.1 Å². The van der Waals surface area contributed by atoms with Gasteiger partial charge >= 0.3 is 0 Å². The van der Waals surface area contributed by atoms with Crippen LogP contribution in [0.3, 0.4) is 0 Å². The lowest BCUT2D eigenvalue weighted by Crippen LogP contribution is -2.04. The number of rotatable bonds is 3. The molecule has 4 heteroatoms. The van der Waals surface area contributed by atoms with E-state index >= 15 is 0 Å². The highest BCUT2D eigenvalue weighted by Crippen LogP contribution is 2.15. The van der Waals surface area contributed by atoms with Crippen LogP contribution in [-0.2, 0) is 6.54 Å². The van der Waals surface area contributed by atoms with Crippen molar-refractivity contribution in [2.45, 2.75) is 33.2 Å². The van der Waals surface area contributed by atoms with Crippen molar-refractivity contribution < 1.29 is 0 Å². The van der Waals surface area contributed by atoms with Gasteiger partial charge in [-0.05, 0) is 34.4 Å². The van der Waals surface area contributed by atoms with Crippen molar-refractivity contribution in [3.63, 3.8) is 0 Å². The Kier molecular flexibility index (Phi) is 2.99. The Balaban J connectivity index is 2.14. The lowest BCUT2D eigenvalue weighted by Gasteiger charge is -2.07. The summed E-state index contributed by atoms with van der Waals surface area (Å²) < 4.78 is 1.80. The molecule has 16 heavy (non-hydrogen) atoms. The second-order valence-electron chi connectivity index (χ2n) is 4.28. The van der Waals surface area contributed by atoms with Gasteiger partial charge in [0.2, 0.25) is 0 Å². The summed E-state index contributed by atoms with van der Waals surface area (Å²) in [6.07, 6.45) is 0. The summed E-state index contributed by atoms with van der Waals surface area (Å²) in [6.45, 7) is 7.03. The minimum atomic E-state index is 0.573. The van der Waals surface area contributed by atoms with E-state index in [9.17, 15) is 0 Å². The molecule has 84 valence electrons. The van der Waals surface area contributed by atoms with Crippen molar-refractivity contribution in [3.05, 3.63) is 41.2 Å². The maximum atomic E-state index is 3.92. The average molecular weight is 216 g/mol. The fraction of sp³-hybridized carbons (Fsp3) is 0.417. The van der Waals surface area contributed by atoms with Gasteiger partial charge in [-0.3, -0.25) is 0 Å². The number of hydrogen-bond donors (Lipinski definition) is 0. The lowest BCUT2D eigenvalue weighted by molar-refractivity contribution is 0.633. The highest BCUT2D eigenvalue weighted by atomic mass is 15.5. The van der Waals surface area contributed by atoms with Crippen LogP contribution in [0.15, 0.2) is 24.3 Å². The highest BCUT2D eigenvalue weighted by Gasteiger charge is 2.02. The zero-order valence-corrected chi connectivity index (χ0v) is 9.88. The van der Waals surface area contributed by atoms with Gasteiger partial charge in [-0.2, -0.15) is 0 Å². The summed E-state index contributed by atoms with van der Waals surface area (Å²) in [5.41, 5.74) is 2.58. The summed E-state index contributed by atoms with van der Waals surface area (Å²) in [7, 11) is 0. The third-order valence-corrected chi connectivity index (χ3v) is 2.69.